The van der Waals surface area contributed by atoms with Gasteiger partial charge in [0.25, 0.3) is 0 Å². The zero-order valence-corrected chi connectivity index (χ0v) is 12.1. The van der Waals surface area contributed by atoms with Crippen LogP contribution < -0.4 is 10.0 Å². The number of aromatic nitrogens is 2. The quantitative estimate of drug-likeness (QED) is 0.703. The fourth-order valence-electron chi connectivity index (χ4n) is 1.87. The van der Waals surface area contributed by atoms with Gasteiger partial charge in [0.15, 0.2) is 0 Å². The molecular formula is C13H18N4O2S. The van der Waals surface area contributed by atoms with E-state index < -0.39 is 10.0 Å². The van der Waals surface area contributed by atoms with Crippen LogP contribution >= 0.6 is 0 Å². The van der Waals surface area contributed by atoms with Crippen LogP contribution in [0.15, 0.2) is 36.8 Å². The lowest BCUT2D eigenvalue weighted by Crippen LogP contribution is -2.25. The second kappa shape index (κ2) is 6.65. The highest BCUT2D eigenvalue weighted by atomic mass is 32.2. The van der Waals surface area contributed by atoms with Gasteiger partial charge in [0.2, 0.25) is 10.0 Å². The Morgan fingerprint density at radius 2 is 2.05 bits per heavy atom. The Bertz CT molecular complexity index is 638. The molecule has 0 spiro atoms. The molecule has 0 saturated carbocycles. The average molecular weight is 294 g/mol. The summed E-state index contributed by atoms with van der Waals surface area (Å²) >= 11 is 0. The molecule has 0 amide bonds. The van der Waals surface area contributed by atoms with Crippen molar-refractivity contribution in [1.82, 2.24) is 20.0 Å². The molecule has 0 aliphatic carbocycles. The minimum Gasteiger partial charge on any atom is -0.347 e. The van der Waals surface area contributed by atoms with E-state index in [-0.39, 0.29) is 12.3 Å². The summed E-state index contributed by atoms with van der Waals surface area (Å²) in [5.41, 5.74) is 2.57. The normalized spacial score (nSPS) is 11.7. The van der Waals surface area contributed by atoms with Gasteiger partial charge in [0, 0.05) is 18.4 Å². The first-order chi connectivity index (χ1) is 9.59. The molecule has 0 fully saturated rings. The number of rotatable bonds is 7. The van der Waals surface area contributed by atoms with Gasteiger partial charge in [-0.25, -0.2) is 18.1 Å². The van der Waals surface area contributed by atoms with Gasteiger partial charge in [-0.2, -0.15) is 0 Å². The summed E-state index contributed by atoms with van der Waals surface area (Å²) in [7, 11) is -1.50. The molecule has 7 heteroatoms. The van der Waals surface area contributed by atoms with Gasteiger partial charge < -0.3 is 10.3 Å². The number of nitrogens with one attached hydrogen (secondary N) is 3. The monoisotopic (exact) mass is 294 g/mol. The van der Waals surface area contributed by atoms with Crippen LogP contribution in [0, 0.1) is 0 Å². The summed E-state index contributed by atoms with van der Waals surface area (Å²) in [5.74, 6) is -0.0291. The zero-order chi connectivity index (χ0) is 14.4. The third kappa shape index (κ3) is 4.44. The van der Waals surface area contributed by atoms with Gasteiger partial charge in [-0.15, -0.1) is 0 Å². The molecule has 0 bridgehead atoms. The number of hydrogen-bond acceptors (Lipinski definition) is 4. The molecular weight excluding hydrogens is 276 g/mol. The molecule has 2 aromatic rings. The van der Waals surface area contributed by atoms with Crippen LogP contribution in [-0.4, -0.2) is 25.4 Å². The Morgan fingerprint density at radius 3 is 2.75 bits per heavy atom. The van der Waals surface area contributed by atoms with E-state index >= 15 is 0 Å². The van der Waals surface area contributed by atoms with Crippen LogP contribution in [-0.2, 0) is 28.9 Å². The Kier molecular flexibility index (Phi) is 4.89. The predicted molar refractivity (Wildman–Crippen MR) is 77.3 cm³/mol. The summed E-state index contributed by atoms with van der Waals surface area (Å²) in [6, 6.07) is 7.54. The van der Waals surface area contributed by atoms with Gasteiger partial charge in [-0.3, -0.25) is 0 Å². The van der Waals surface area contributed by atoms with E-state index in [1.54, 1.807) is 6.20 Å². The van der Waals surface area contributed by atoms with Crippen LogP contribution in [0.1, 0.15) is 16.8 Å². The lowest BCUT2D eigenvalue weighted by molar-refractivity contribution is 0.579. The SMILES string of the molecule is CNCc1cccc(CS(=O)(=O)NCc2cnc[nH]2)c1. The van der Waals surface area contributed by atoms with Crippen molar-refractivity contribution in [3.8, 4) is 0 Å². The molecule has 3 N–H and O–H groups in total. The Labute approximate surface area is 118 Å². The average Bonchev–Trinajstić information content (AvgIpc) is 2.90. The minimum atomic E-state index is -3.36. The van der Waals surface area contributed by atoms with E-state index in [4.69, 9.17) is 0 Å². The van der Waals surface area contributed by atoms with Crippen molar-refractivity contribution in [2.24, 2.45) is 0 Å². The van der Waals surface area contributed by atoms with Crippen molar-refractivity contribution in [2.75, 3.05) is 7.05 Å². The molecule has 0 aliphatic heterocycles. The Hall–Kier alpha value is -1.70. The summed E-state index contributed by atoms with van der Waals surface area (Å²) < 4.78 is 26.6. The van der Waals surface area contributed by atoms with Gasteiger partial charge in [-0.1, -0.05) is 24.3 Å². The van der Waals surface area contributed by atoms with Gasteiger partial charge >= 0.3 is 0 Å². The maximum absolute atomic E-state index is 12.0. The van der Waals surface area contributed by atoms with E-state index in [1.165, 1.54) is 6.33 Å². The smallest absolute Gasteiger partial charge is 0.216 e. The van der Waals surface area contributed by atoms with Crippen LogP contribution in [0.4, 0.5) is 0 Å². The van der Waals surface area contributed by atoms with Crippen molar-refractivity contribution in [3.63, 3.8) is 0 Å². The Balaban J connectivity index is 1.98. The van der Waals surface area contributed by atoms with Crippen molar-refractivity contribution in [3.05, 3.63) is 53.6 Å². The molecule has 2 rings (SSSR count). The number of H-pyrrole nitrogens is 1. The molecule has 20 heavy (non-hydrogen) atoms. The standard InChI is InChI=1S/C13H18N4O2S/c1-14-6-11-3-2-4-12(5-11)9-20(18,19)17-8-13-7-15-10-16-13/h2-5,7,10,14,17H,6,8-9H2,1H3,(H,15,16). The second-order valence-corrected chi connectivity index (χ2v) is 6.31. The van der Waals surface area contributed by atoms with Crippen molar-refractivity contribution in [1.29, 1.82) is 0 Å². The van der Waals surface area contributed by atoms with Crippen molar-refractivity contribution in [2.45, 2.75) is 18.8 Å². The fourth-order valence-corrected chi connectivity index (χ4v) is 2.97. The molecule has 0 radical (unpaired) electrons. The topological polar surface area (TPSA) is 86.9 Å². The first kappa shape index (κ1) is 14.7. The third-order valence-corrected chi connectivity index (χ3v) is 4.06. The van der Waals surface area contributed by atoms with Gasteiger partial charge in [0.05, 0.1) is 18.6 Å². The number of aromatic amines is 1. The zero-order valence-electron chi connectivity index (χ0n) is 11.3. The number of hydrogen-bond donors (Lipinski definition) is 3. The van der Waals surface area contributed by atoms with Crippen LogP contribution in [0.2, 0.25) is 0 Å². The Morgan fingerprint density at radius 1 is 1.25 bits per heavy atom. The number of benzene rings is 1. The predicted octanol–water partition coefficient (Wildman–Crippen LogP) is 0.749. The molecule has 1 heterocycles. The molecule has 0 aliphatic rings. The molecule has 108 valence electrons. The van der Waals surface area contributed by atoms with E-state index in [2.05, 4.69) is 20.0 Å². The van der Waals surface area contributed by atoms with E-state index in [0.717, 1.165) is 23.4 Å². The first-order valence-electron chi connectivity index (χ1n) is 6.26. The summed E-state index contributed by atoms with van der Waals surface area (Å²) in [6.45, 7) is 0.938. The lowest BCUT2D eigenvalue weighted by atomic mass is 10.1. The minimum absolute atomic E-state index is 0.0291. The molecule has 1 aromatic heterocycles. The molecule has 0 saturated heterocycles. The summed E-state index contributed by atoms with van der Waals surface area (Å²) in [6.07, 6.45) is 3.11. The summed E-state index contributed by atoms with van der Waals surface area (Å²) in [5, 5.41) is 3.04. The number of imidazole rings is 1. The highest BCUT2D eigenvalue weighted by molar-refractivity contribution is 7.88. The van der Waals surface area contributed by atoms with E-state index in [0.29, 0.717) is 0 Å². The molecule has 0 atom stereocenters. The second-order valence-electron chi connectivity index (χ2n) is 4.51. The van der Waals surface area contributed by atoms with Crippen molar-refractivity contribution < 1.29 is 8.42 Å². The van der Waals surface area contributed by atoms with Crippen LogP contribution in [0.3, 0.4) is 0 Å². The van der Waals surface area contributed by atoms with E-state index in [1.807, 2.05) is 31.3 Å². The summed E-state index contributed by atoms with van der Waals surface area (Å²) in [4.78, 5) is 6.69. The van der Waals surface area contributed by atoms with Gasteiger partial charge in [0.1, 0.15) is 0 Å². The molecule has 1 aromatic carbocycles. The molecule has 0 unspecified atom stereocenters. The lowest BCUT2D eigenvalue weighted by Gasteiger charge is -2.07. The largest absolute Gasteiger partial charge is 0.347 e. The van der Waals surface area contributed by atoms with Crippen molar-refractivity contribution >= 4 is 10.0 Å². The number of sulfonamides is 1. The maximum atomic E-state index is 12.0. The van der Waals surface area contributed by atoms with Crippen LogP contribution in [0.25, 0.3) is 0 Å². The highest BCUT2D eigenvalue weighted by Crippen LogP contribution is 2.09. The number of nitrogens with zero attached hydrogens (tertiary/aromatic N) is 1. The van der Waals surface area contributed by atoms with Gasteiger partial charge in [-0.05, 0) is 18.2 Å². The van der Waals surface area contributed by atoms with Crippen LogP contribution in [0.5, 0.6) is 0 Å². The van der Waals surface area contributed by atoms with E-state index in [9.17, 15) is 8.42 Å². The fraction of sp³-hybridized carbons (Fsp3) is 0.308. The molecule has 6 nitrogen and oxygen atoms in total. The first-order valence-corrected chi connectivity index (χ1v) is 7.91. The third-order valence-electron chi connectivity index (χ3n) is 2.77. The maximum Gasteiger partial charge on any atom is 0.216 e. The highest BCUT2D eigenvalue weighted by Gasteiger charge is 2.11.